The molecule has 3 rings (SSSR count). The van der Waals surface area contributed by atoms with Gasteiger partial charge in [0.25, 0.3) is 0 Å². The van der Waals surface area contributed by atoms with Gasteiger partial charge in [0, 0.05) is 42.5 Å². The first-order valence-corrected chi connectivity index (χ1v) is 9.23. The van der Waals surface area contributed by atoms with Gasteiger partial charge < -0.3 is 21.4 Å². The second-order valence-corrected chi connectivity index (χ2v) is 6.46. The lowest BCUT2D eigenvalue weighted by Gasteiger charge is -2.15. The van der Waals surface area contributed by atoms with E-state index in [1.54, 1.807) is 25.1 Å². The molecular weight excluding hydrogens is 414 g/mol. The van der Waals surface area contributed by atoms with Crippen molar-refractivity contribution < 1.29 is 13.6 Å². The van der Waals surface area contributed by atoms with Crippen molar-refractivity contribution in [3.05, 3.63) is 65.1 Å². The zero-order valence-electron chi connectivity index (χ0n) is 15.8. The highest BCUT2D eigenvalue weighted by molar-refractivity contribution is 6.31. The van der Waals surface area contributed by atoms with Gasteiger partial charge in [-0.25, -0.2) is 13.6 Å². The molecule has 0 atom stereocenters. The Hall–Kier alpha value is -3.59. The third-order valence-electron chi connectivity index (χ3n) is 4.02. The molecular formula is C20H17ClF2N6O. The maximum absolute atomic E-state index is 14.2. The largest absolute Gasteiger partial charge is 0.354 e. The number of halogens is 3. The van der Waals surface area contributed by atoms with E-state index >= 15 is 0 Å². The molecule has 2 amide bonds. The molecule has 0 saturated carbocycles. The van der Waals surface area contributed by atoms with Crippen molar-refractivity contribution in [3.63, 3.8) is 0 Å². The van der Waals surface area contributed by atoms with Crippen LogP contribution in [-0.4, -0.2) is 28.8 Å². The summed E-state index contributed by atoms with van der Waals surface area (Å²) in [5.74, 6) is -1.65. The first-order chi connectivity index (χ1) is 14.4. The summed E-state index contributed by atoms with van der Waals surface area (Å²) in [6.45, 7) is 2.20. The van der Waals surface area contributed by atoms with Gasteiger partial charge >= 0.3 is 6.03 Å². The molecule has 30 heavy (non-hydrogen) atoms. The fourth-order valence-corrected chi connectivity index (χ4v) is 2.83. The van der Waals surface area contributed by atoms with Gasteiger partial charge in [0.1, 0.15) is 17.3 Å². The number of rotatable bonds is 6. The molecule has 10 heteroatoms. The van der Waals surface area contributed by atoms with E-state index in [-0.39, 0.29) is 22.0 Å². The summed E-state index contributed by atoms with van der Waals surface area (Å²) in [6, 6.07) is 6.21. The van der Waals surface area contributed by atoms with Gasteiger partial charge in [-0.05, 0) is 31.2 Å². The Morgan fingerprint density at radius 3 is 2.67 bits per heavy atom. The number of amides is 2. The quantitative estimate of drug-likeness (QED) is 0.328. The molecule has 0 saturated heterocycles. The highest BCUT2D eigenvalue weighted by Gasteiger charge is 2.14. The second kappa shape index (κ2) is 9.27. The maximum atomic E-state index is 14.2. The molecule has 2 aromatic heterocycles. The van der Waals surface area contributed by atoms with Crippen LogP contribution >= 0.6 is 11.6 Å². The first kappa shape index (κ1) is 21.1. The van der Waals surface area contributed by atoms with Crippen LogP contribution in [0.5, 0.6) is 0 Å². The molecule has 7 nitrogen and oxygen atoms in total. The van der Waals surface area contributed by atoms with E-state index in [4.69, 9.17) is 17.0 Å². The molecule has 0 bridgehead atoms. The Morgan fingerprint density at radius 2 is 1.93 bits per heavy atom. The Kier molecular flexibility index (Phi) is 6.53. The van der Waals surface area contributed by atoms with Gasteiger partial charge in [0.15, 0.2) is 0 Å². The Bertz CT molecular complexity index is 1110. The second-order valence-electron chi connectivity index (χ2n) is 6.05. The summed E-state index contributed by atoms with van der Waals surface area (Å²) in [5.41, 5.74) is 1.80. The topological polar surface area (TPSA) is 103 Å². The van der Waals surface area contributed by atoms with Crippen LogP contribution in [0.25, 0.3) is 11.3 Å². The molecule has 0 spiro atoms. The van der Waals surface area contributed by atoms with Crippen LogP contribution in [0.1, 0.15) is 12.6 Å². The minimum Gasteiger partial charge on any atom is -0.354 e. The van der Waals surface area contributed by atoms with E-state index in [1.165, 1.54) is 18.5 Å². The van der Waals surface area contributed by atoms with E-state index in [9.17, 15) is 13.6 Å². The van der Waals surface area contributed by atoms with Gasteiger partial charge in [-0.15, -0.1) is 0 Å². The molecule has 0 unspecified atom stereocenters. The molecule has 0 radical (unpaired) electrons. The lowest BCUT2D eigenvalue weighted by molar-refractivity contribution is 0.252. The van der Waals surface area contributed by atoms with E-state index in [2.05, 4.69) is 25.9 Å². The average Bonchev–Trinajstić information content (AvgIpc) is 2.72. The summed E-state index contributed by atoms with van der Waals surface area (Å²) in [6.07, 6.45) is 3.94. The highest BCUT2D eigenvalue weighted by atomic mass is 35.5. The standard InChI is InChI=1S/C20H17ClF2N6O/c1-2-25-20(30)29-19-16(4-6-27-18(19)10-24)28-11-3-5-26-17(7-11)12-8-13(21)15(23)9-14(12)22/h3-10,24H,2H2,1H3,(H2,25,29,30)(H,26,27,28). The van der Waals surface area contributed by atoms with Crippen molar-refractivity contribution in [1.82, 2.24) is 15.3 Å². The number of benzene rings is 1. The zero-order valence-corrected chi connectivity index (χ0v) is 16.5. The van der Waals surface area contributed by atoms with Crippen LogP contribution in [-0.2, 0) is 0 Å². The number of nitrogens with zero attached hydrogens (tertiary/aromatic N) is 2. The minimum atomic E-state index is -0.857. The molecule has 1 aromatic carbocycles. The number of hydrogen-bond donors (Lipinski definition) is 4. The fraction of sp³-hybridized carbons (Fsp3) is 0.100. The minimum absolute atomic E-state index is 0.0423. The number of hydrogen-bond acceptors (Lipinski definition) is 5. The normalized spacial score (nSPS) is 10.4. The van der Waals surface area contributed by atoms with Crippen LogP contribution in [0.2, 0.25) is 5.02 Å². The molecule has 3 aromatic rings. The average molecular weight is 431 g/mol. The molecule has 154 valence electrons. The van der Waals surface area contributed by atoms with E-state index in [0.29, 0.717) is 29.7 Å². The van der Waals surface area contributed by atoms with Crippen LogP contribution in [0.3, 0.4) is 0 Å². The van der Waals surface area contributed by atoms with Crippen LogP contribution in [0, 0.1) is 17.0 Å². The summed E-state index contributed by atoms with van der Waals surface area (Å²) < 4.78 is 27.7. The molecule has 2 heterocycles. The van der Waals surface area contributed by atoms with Crippen LogP contribution in [0.15, 0.2) is 42.7 Å². The monoisotopic (exact) mass is 430 g/mol. The summed E-state index contributed by atoms with van der Waals surface area (Å²) >= 11 is 5.77. The van der Waals surface area contributed by atoms with Gasteiger partial charge in [-0.1, -0.05) is 11.6 Å². The lowest BCUT2D eigenvalue weighted by Crippen LogP contribution is -2.29. The number of carbonyl (C=O) groups excluding carboxylic acids is 1. The fourth-order valence-electron chi connectivity index (χ4n) is 2.67. The third-order valence-corrected chi connectivity index (χ3v) is 4.31. The van der Waals surface area contributed by atoms with Crippen molar-refractivity contribution in [2.24, 2.45) is 0 Å². The Balaban J connectivity index is 1.96. The Labute approximate surface area is 176 Å². The van der Waals surface area contributed by atoms with E-state index in [1.807, 2.05) is 0 Å². The van der Waals surface area contributed by atoms with Crippen molar-refractivity contribution in [1.29, 1.82) is 5.41 Å². The third kappa shape index (κ3) is 4.69. The zero-order chi connectivity index (χ0) is 21.7. The SMILES string of the molecule is CCNC(=O)Nc1c(Nc2ccnc(-c3cc(Cl)c(F)cc3F)c2)ccnc1C=N. The molecule has 0 aliphatic rings. The number of nitrogens with one attached hydrogen (secondary N) is 4. The van der Waals surface area contributed by atoms with Crippen molar-refractivity contribution in [2.45, 2.75) is 6.92 Å². The summed E-state index contributed by atoms with van der Waals surface area (Å²) in [4.78, 5) is 20.2. The molecule has 0 aliphatic carbocycles. The van der Waals surface area contributed by atoms with Gasteiger partial charge in [0.05, 0.1) is 22.1 Å². The molecule has 0 fully saturated rings. The smallest absolute Gasteiger partial charge is 0.319 e. The van der Waals surface area contributed by atoms with Gasteiger partial charge in [-0.3, -0.25) is 9.97 Å². The molecule has 0 aliphatic heterocycles. The number of urea groups is 1. The maximum Gasteiger partial charge on any atom is 0.319 e. The summed E-state index contributed by atoms with van der Waals surface area (Å²) in [7, 11) is 0. The summed E-state index contributed by atoms with van der Waals surface area (Å²) in [5, 5.41) is 15.7. The van der Waals surface area contributed by atoms with Crippen LogP contribution < -0.4 is 16.0 Å². The lowest BCUT2D eigenvalue weighted by atomic mass is 10.1. The van der Waals surface area contributed by atoms with E-state index in [0.717, 1.165) is 6.21 Å². The molecule has 4 N–H and O–H groups in total. The van der Waals surface area contributed by atoms with E-state index < -0.39 is 17.7 Å². The predicted octanol–water partition coefficient (Wildman–Crippen LogP) is 4.96. The van der Waals surface area contributed by atoms with Crippen molar-refractivity contribution in [2.75, 3.05) is 17.2 Å². The van der Waals surface area contributed by atoms with Gasteiger partial charge in [0.2, 0.25) is 0 Å². The highest BCUT2D eigenvalue weighted by Crippen LogP contribution is 2.31. The van der Waals surface area contributed by atoms with Crippen molar-refractivity contribution >= 4 is 40.9 Å². The van der Waals surface area contributed by atoms with Crippen molar-refractivity contribution in [3.8, 4) is 11.3 Å². The number of pyridine rings is 2. The number of anilines is 3. The van der Waals surface area contributed by atoms with Crippen LogP contribution in [0.4, 0.5) is 30.6 Å². The first-order valence-electron chi connectivity index (χ1n) is 8.85. The number of aromatic nitrogens is 2. The van der Waals surface area contributed by atoms with Gasteiger partial charge in [-0.2, -0.15) is 0 Å². The Morgan fingerprint density at radius 1 is 1.17 bits per heavy atom. The number of carbonyl (C=O) groups is 1. The predicted molar refractivity (Wildman–Crippen MR) is 113 cm³/mol.